The minimum absolute atomic E-state index is 0.0316. The summed E-state index contributed by atoms with van der Waals surface area (Å²) < 4.78 is 0. The maximum Gasteiger partial charge on any atom is 0.274 e. The molecule has 0 saturated carbocycles. The molecule has 0 unspecified atom stereocenters. The van der Waals surface area contributed by atoms with E-state index in [1.165, 1.54) is 11.1 Å². The van der Waals surface area contributed by atoms with E-state index in [-0.39, 0.29) is 29.1 Å². The largest absolute Gasteiger partial charge is 0.355 e. The Hall–Kier alpha value is -1.69. The van der Waals surface area contributed by atoms with Crippen molar-refractivity contribution in [3.05, 3.63) is 22.7 Å². The normalized spacial score (nSPS) is 10.6. The molecular formula is C14H21ClN4O2. The third-order valence-corrected chi connectivity index (χ3v) is 3.06. The van der Waals surface area contributed by atoms with Gasteiger partial charge in [-0.1, -0.05) is 32.4 Å². The molecule has 0 radical (unpaired) electrons. The summed E-state index contributed by atoms with van der Waals surface area (Å²) in [7, 11) is 1.54. The predicted octanol–water partition coefficient (Wildman–Crippen LogP) is 1.85. The molecule has 0 aliphatic rings. The van der Waals surface area contributed by atoms with E-state index in [2.05, 4.69) is 15.3 Å². The summed E-state index contributed by atoms with van der Waals surface area (Å²) in [5.74, 6) is 0.0384. The van der Waals surface area contributed by atoms with Crippen molar-refractivity contribution in [1.29, 1.82) is 0 Å². The summed E-state index contributed by atoms with van der Waals surface area (Å²) in [4.78, 5) is 33.5. The zero-order chi connectivity index (χ0) is 16.0. The van der Waals surface area contributed by atoms with Gasteiger partial charge in [0.05, 0.1) is 17.8 Å². The van der Waals surface area contributed by atoms with Crippen LogP contribution in [0.15, 0.2) is 6.20 Å². The SMILES string of the molecule is CCCNC(=O)CN(C)C(=O)c1nc(C(C)C)ncc1Cl. The van der Waals surface area contributed by atoms with Crippen molar-refractivity contribution in [2.45, 2.75) is 33.1 Å². The zero-order valence-corrected chi connectivity index (χ0v) is 13.6. The lowest BCUT2D eigenvalue weighted by Gasteiger charge is -2.17. The molecule has 0 aliphatic carbocycles. The molecule has 7 heteroatoms. The summed E-state index contributed by atoms with van der Waals surface area (Å²) in [5.41, 5.74) is 0.126. The molecule has 0 aromatic carbocycles. The van der Waals surface area contributed by atoms with Crippen LogP contribution >= 0.6 is 11.6 Å². The second kappa shape index (κ2) is 7.93. The molecule has 1 aromatic heterocycles. The average molecular weight is 313 g/mol. The number of aromatic nitrogens is 2. The molecule has 0 spiro atoms. The van der Waals surface area contributed by atoms with Gasteiger partial charge in [-0.3, -0.25) is 9.59 Å². The highest BCUT2D eigenvalue weighted by Gasteiger charge is 2.20. The van der Waals surface area contributed by atoms with E-state index in [0.717, 1.165) is 6.42 Å². The van der Waals surface area contributed by atoms with Crippen molar-refractivity contribution in [2.75, 3.05) is 20.1 Å². The molecule has 0 bridgehead atoms. The van der Waals surface area contributed by atoms with Gasteiger partial charge >= 0.3 is 0 Å². The van der Waals surface area contributed by atoms with Crippen LogP contribution in [0.5, 0.6) is 0 Å². The fourth-order valence-electron chi connectivity index (χ4n) is 1.60. The molecule has 1 aromatic rings. The van der Waals surface area contributed by atoms with Crippen LogP contribution in [-0.4, -0.2) is 46.8 Å². The van der Waals surface area contributed by atoms with Gasteiger partial charge in [-0.15, -0.1) is 0 Å². The van der Waals surface area contributed by atoms with Gasteiger partial charge in [0.25, 0.3) is 5.91 Å². The van der Waals surface area contributed by atoms with Gasteiger partial charge in [0.1, 0.15) is 5.82 Å². The third-order valence-electron chi connectivity index (χ3n) is 2.78. The minimum Gasteiger partial charge on any atom is -0.355 e. The fraction of sp³-hybridized carbons (Fsp3) is 0.571. The van der Waals surface area contributed by atoms with Crippen molar-refractivity contribution in [1.82, 2.24) is 20.2 Å². The molecule has 0 aliphatic heterocycles. The van der Waals surface area contributed by atoms with Crippen molar-refractivity contribution in [2.24, 2.45) is 0 Å². The van der Waals surface area contributed by atoms with Crippen LogP contribution < -0.4 is 5.32 Å². The number of likely N-dealkylation sites (N-methyl/N-ethyl adjacent to an activating group) is 1. The van der Waals surface area contributed by atoms with Gasteiger partial charge in [-0.05, 0) is 6.42 Å². The zero-order valence-electron chi connectivity index (χ0n) is 12.8. The Kier molecular flexibility index (Phi) is 6.55. The second-order valence-corrected chi connectivity index (χ2v) is 5.50. The van der Waals surface area contributed by atoms with E-state index >= 15 is 0 Å². The summed E-state index contributed by atoms with van der Waals surface area (Å²) in [5, 5.41) is 2.90. The highest BCUT2D eigenvalue weighted by atomic mass is 35.5. The average Bonchev–Trinajstić information content (AvgIpc) is 2.44. The van der Waals surface area contributed by atoms with Crippen molar-refractivity contribution in [3.8, 4) is 0 Å². The highest BCUT2D eigenvalue weighted by molar-refractivity contribution is 6.33. The number of halogens is 1. The first kappa shape index (κ1) is 17.4. The van der Waals surface area contributed by atoms with Crippen molar-refractivity contribution < 1.29 is 9.59 Å². The lowest BCUT2D eigenvalue weighted by Crippen LogP contribution is -2.39. The summed E-state index contributed by atoms with van der Waals surface area (Å²) in [6.07, 6.45) is 2.26. The van der Waals surface area contributed by atoms with E-state index in [1.54, 1.807) is 7.05 Å². The van der Waals surface area contributed by atoms with Gasteiger partial charge in [0, 0.05) is 19.5 Å². The summed E-state index contributed by atoms with van der Waals surface area (Å²) >= 11 is 5.99. The minimum atomic E-state index is -0.393. The summed E-state index contributed by atoms with van der Waals surface area (Å²) in [6.45, 7) is 6.38. The van der Waals surface area contributed by atoms with Crippen molar-refractivity contribution >= 4 is 23.4 Å². The topological polar surface area (TPSA) is 75.2 Å². The Bertz CT molecular complexity index is 520. The monoisotopic (exact) mass is 312 g/mol. The number of amides is 2. The first-order valence-electron chi connectivity index (χ1n) is 6.91. The Balaban J connectivity index is 2.82. The predicted molar refractivity (Wildman–Crippen MR) is 81.4 cm³/mol. The molecule has 6 nitrogen and oxygen atoms in total. The Morgan fingerprint density at radius 2 is 2.10 bits per heavy atom. The molecular weight excluding hydrogens is 292 g/mol. The lowest BCUT2D eigenvalue weighted by molar-refractivity contribution is -0.121. The van der Waals surface area contributed by atoms with Gasteiger partial charge in [-0.2, -0.15) is 0 Å². The van der Waals surface area contributed by atoms with Crippen LogP contribution in [0.2, 0.25) is 5.02 Å². The van der Waals surface area contributed by atoms with Crippen LogP contribution in [0.1, 0.15) is 49.4 Å². The molecule has 1 rings (SSSR count). The highest BCUT2D eigenvalue weighted by Crippen LogP contribution is 2.17. The van der Waals surface area contributed by atoms with E-state index < -0.39 is 5.91 Å². The van der Waals surface area contributed by atoms with E-state index in [1.807, 2.05) is 20.8 Å². The number of rotatable bonds is 6. The molecule has 0 saturated heterocycles. The van der Waals surface area contributed by atoms with Crippen LogP contribution in [0.4, 0.5) is 0 Å². The smallest absolute Gasteiger partial charge is 0.274 e. The number of nitrogens with zero attached hydrogens (tertiary/aromatic N) is 3. The first-order valence-corrected chi connectivity index (χ1v) is 7.29. The van der Waals surface area contributed by atoms with E-state index in [4.69, 9.17) is 11.6 Å². The first-order chi connectivity index (χ1) is 9.86. The van der Waals surface area contributed by atoms with Gasteiger partial charge in [0.15, 0.2) is 5.69 Å². The Labute approximate surface area is 129 Å². The van der Waals surface area contributed by atoms with E-state index in [0.29, 0.717) is 12.4 Å². The van der Waals surface area contributed by atoms with Crippen LogP contribution in [0.25, 0.3) is 0 Å². The third kappa shape index (κ3) is 4.97. The molecule has 21 heavy (non-hydrogen) atoms. The maximum absolute atomic E-state index is 12.3. The molecule has 116 valence electrons. The molecule has 1 N–H and O–H groups in total. The quantitative estimate of drug-likeness (QED) is 0.870. The number of carbonyl (C=O) groups is 2. The van der Waals surface area contributed by atoms with Gasteiger partial charge in [0.2, 0.25) is 5.91 Å². The van der Waals surface area contributed by atoms with Gasteiger partial charge < -0.3 is 10.2 Å². The lowest BCUT2D eigenvalue weighted by atomic mass is 10.2. The number of hydrogen-bond donors (Lipinski definition) is 1. The molecule has 0 atom stereocenters. The molecule has 2 amide bonds. The standard InChI is InChI=1S/C14H21ClN4O2/c1-5-6-16-11(20)8-19(4)14(21)12-10(15)7-17-13(18-12)9(2)3/h7,9H,5-6,8H2,1-4H3,(H,16,20). The second-order valence-electron chi connectivity index (χ2n) is 5.09. The van der Waals surface area contributed by atoms with Gasteiger partial charge in [-0.25, -0.2) is 9.97 Å². The Morgan fingerprint density at radius 3 is 2.67 bits per heavy atom. The fourth-order valence-corrected chi connectivity index (χ4v) is 1.77. The number of nitrogens with one attached hydrogen (secondary N) is 1. The van der Waals surface area contributed by atoms with Crippen LogP contribution in [0.3, 0.4) is 0 Å². The summed E-state index contributed by atoms with van der Waals surface area (Å²) in [6, 6.07) is 0. The van der Waals surface area contributed by atoms with Crippen molar-refractivity contribution in [3.63, 3.8) is 0 Å². The van der Waals surface area contributed by atoms with Crippen LogP contribution in [0, 0.1) is 0 Å². The van der Waals surface area contributed by atoms with E-state index in [9.17, 15) is 9.59 Å². The molecule has 0 fully saturated rings. The number of carbonyl (C=O) groups excluding carboxylic acids is 2. The Morgan fingerprint density at radius 1 is 1.43 bits per heavy atom. The number of hydrogen-bond acceptors (Lipinski definition) is 4. The van der Waals surface area contributed by atoms with Crippen LogP contribution in [-0.2, 0) is 4.79 Å². The molecule has 1 heterocycles. The maximum atomic E-state index is 12.3.